The Labute approximate surface area is 174 Å². The molecule has 4 aromatic rings. The van der Waals surface area contributed by atoms with Crippen molar-refractivity contribution in [2.45, 2.75) is 11.9 Å². The van der Waals surface area contributed by atoms with Gasteiger partial charge in [-0.15, -0.1) is 5.10 Å². The van der Waals surface area contributed by atoms with Gasteiger partial charge >= 0.3 is 0 Å². The summed E-state index contributed by atoms with van der Waals surface area (Å²) in [6.07, 6.45) is 1.37. The van der Waals surface area contributed by atoms with E-state index >= 15 is 0 Å². The number of rotatable bonds is 6. The topological polar surface area (TPSA) is 103 Å². The zero-order valence-corrected chi connectivity index (χ0v) is 16.6. The maximum Gasteiger partial charge on any atom is 0.234 e. The lowest BCUT2D eigenvalue weighted by atomic mass is 10.1. The van der Waals surface area contributed by atoms with Crippen LogP contribution in [0.5, 0.6) is 0 Å². The quantitative estimate of drug-likeness (QED) is 0.289. The number of carbonyl (C=O) groups excluding carboxylic acids is 2. The van der Waals surface area contributed by atoms with Gasteiger partial charge in [0.05, 0.1) is 11.4 Å². The first kappa shape index (κ1) is 19.6. The molecule has 2 heterocycles. The molecule has 30 heavy (non-hydrogen) atoms. The van der Waals surface area contributed by atoms with Crippen LogP contribution < -0.4 is 5.32 Å². The first-order valence-electron chi connectivity index (χ1n) is 8.87. The Kier molecular flexibility index (Phi) is 5.48. The van der Waals surface area contributed by atoms with Crippen LogP contribution in [0.4, 0.5) is 10.1 Å². The van der Waals surface area contributed by atoms with Crippen LogP contribution in [-0.4, -0.2) is 42.4 Å². The first-order chi connectivity index (χ1) is 14.5. The Hall–Kier alpha value is -3.66. The summed E-state index contributed by atoms with van der Waals surface area (Å²) < 4.78 is 14.6. The summed E-state index contributed by atoms with van der Waals surface area (Å²) in [6, 6.07) is 12.5. The molecule has 1 N–H and O–H groups in total. The lowest BCUT2D eigenvalue weighted by molar-refractivity contribution is -0.113. The van der Waals surface area contributed by atoms with E-state index in [1.807, 2.05) is 0 Å². The van der Waals surface area contributed by atoms with Gasteiger partial charge in [-0.25, -0.2) is 14.4 Å². The number of benzene rings is 2. The number of thioether (sulfide) groups is 1. The number of aromatic nitrogens is 5. The van der Waals surface area contributed by atoms with Gasteiger partial charge in [-0.1, -0.05) is 17.0 Å². The number of nitrogens with zero attached hydrogens (tertiary/aromatic N) is 5. The Balaban J connectivity index is 1.47. The molecule has 0 radical (unpaired) electrons. The predicted molar refractivity (Wildman–Crippen MR) is 110 cm³/mol. The molecule has 150 valence electrons. The second-order valence-electron chi connectivity index (χ2n) is 6.30. The average Bonchev–Trinajstić information content (AvgIpc) is 3.18. The van der Waals surface area contributed by atoms with E-state index in [1.54, 1.807) is 36.4 Å². The predicted octanol–water partition coefficient (Wildman–Crippen LogP) is 3.28. The molecule has 0 bridgehead atoms. The van der Waals surface area contributed by atoms with Crippen LogP contribution >= 0.6 is 11.8 Å². The van der Waals surface area contributed by atoms with Crippen molar-refractivity contribution < 1.29 is 14.0 Å². The number of anilines is 1. The van der Waals surface area contributed by atoms with Crippen LogP contribution in [-0.2, 0) is 4.79 Å². The Morgan fingerprint density at radius 2 is 1.80 bits per heavy atom. The van der Waals surface area contributed by atoms with Crippen molar-refractivity contribution in [1.29, 1.82) is 0 Å². The van der Waals surface area contributed by atoms with Crippen LogP contribution in [0.3, 0.4) is 0 Å². The van der Waals surface area contributed by atoms with Gasteiger partial charge in [0.2, 0.25) is 5.91 Å². The highest BCUT2D eigenvalue weighted by Gasteiger charge is 2.15. The molecule has 0 fully saturated rings. The molecule has 0 saturated carbocycles. The number of fused-ring (bicyclic) bond motifs is 1. The summed E-state index contributed by atoms with van der Waals surface area (Å²) >= 11 is 1.20. The van der Waals surface area contributed by atoms with E-state index < -0.39 is 0 Å². The third-order valence-corrected chi connectivity index (χ3v) is 5.17. The molecule has 2 aromatic heterocycles. The fourth-order valence-corrected chi connectivity index (χ4v) is 3.44. The lowest BCUT2D eigenvalue weighted by Gasteiger charge is -2.06. The van der Waals surface area contributed by atoms with Gasteiger partial charge in [0, 0.05) is 11.3 Å². The molecular formula is C20H15FN6O2S. The maximum absolute atomic E-state index is 13.2. The molecule has 0 aliphatic carbocycles. The number of nitrogens with one attached hydrogen (secondary N) is 1. The zero-order valence-electron chi connectivity index (χ0n) is 15.7. The number of halogens is 1. The summed E-state index contributed by atoms with van der Waals surface area (Å²) in [4.78, 5) is 32.0. The second-order valence-corrected chi connectivity index (χ2v) is 7.26. The minimum atomic E-state index is -0.351. The molecule has 0 aliphatic rings. The number of ketones is 1. The summed E-state index contributed by atoms with van der Waals surface area (Å²) in [5.74, 6) is -0.515. The number of Topliss-reactive ketones (excluding diaryl/α,β-unsaturated/α-hetero) is 1. The van der Waals surface area contributed by atoms with Gasteiger partial charge in [-0.05, 0) is 55.5 Å². The maximum atomic E-state index is 13.2. The van der Waals surface area contributed by atoms with E-state index in [2.05, 4.69) is 25.6 Å². The minimum absolute atomic E-state index is 0.0371. The molecular weight excluding hydrogens is 407 g/mol. The molecule has 0 spiro atoms. The first-order valence-corrected chi connectivity index (χ1v) is 9.86. The van der Waals surface area contributed by atoms with Crippen molar-refractivity contribution in [3.05, 3.63) is 66.2 Å². The van der Waals surface area contributed by atoms with Gasteiger partial charge in [-0.3, -0.25) is 9.59 Å². The van der Waals surface area contributed by atoms with Crippen LogP contribution in [0, 0.1) is 5.82 Å². The molecule has 4 rings (SSSR count). The number of carbonyl (C=O) groups is 2. The standard InChI is InChI=1S/C20H15FN6O2S/c1-12(28)13-2-6-15(7-3-13)24-17(29)10-30-20-18-19(22-11-23-20)27(26-25-18)16-8-4-14(21)5-9-16/h2-9,11H,10H2,1H3,(H,24,29). The highest BCUT2D eigenvalue weighted by molar-refractivity contribution is 8.00. The highest BCUT2D eigenvalue weighted by atomic mass is 32.2. The molecule has 8 nitrogen and oxygen atoms in total. The smallest absolute Gasteiger partial charge is 0.234 e. The van der Waals surface area contributed by atoms with E-state index in [0.29, 0.717) is 33.1 Å². The van der Waals surface area contributed by atoms with Crippen molar-refractivity contribution >= 4 is 40.3 Å². The van der Waals surface area contributed by atoms with Crippen LogP contribution in [0.15, 0.2) is 59.9 Å². The van der Waals surface area contributed by atoms with Crippen LogP contribution in [0.1, 0.15) is 17.3 Å². The Morgan fingerprint density at radius 1 is 1.07 bits per heavy atom. The van der Waals surface area contributed by atoms with Crippen molar-refractivity contribution in [3.63, 3.8) is 0 Å². The van der Waals surface area contributed by atoms with Gasteiger partial charge in [0.25, 0.3) is 0 Å². The largest absolute Gasteiger partial charge is 0.325 e. The van der Waals surface area contributed by atoms with Crippen molar-refractivity contribution in [3.8, 4) is 5.69 Å². The van der Waals surface area contributed by atoms with E-state index in [1.165, 1.54) is 41.8 Å². The van der Waals surface area contributed by atoms with E-state index in [4.69, 9.17) is 0 Å². The third kappa shape index (κ3) is 4.18. The molecule has 1 amide bonds. The highest BCUT2D eigenvalue weighted by Crippen LogP contribution is 2.24. The SMILES string of the molecule is CC(=O)c1ccc(NC(=O)CSc2ncnc3c2nnn3-c2ccc(F)cc2)cc1. The summed E-state index contributed by atoms with van der Waals surface area (Å²) in [5, 5.41) is 11.5. The minimum Gasteiger partial charge on any atom is -0.325 e. The average molecular weight is 422 g/mol. The van der Waals surface area contributed by atoms with Crippen molar-refractivity contribution in [2.75, 3.05) is 11.1 Å². The zero-order chi connectivity index (χ0) is 21.1. The number of hydrogen-bond donors (Lipinski definition) is 1. The van der Waals surface area contributed by atoms with Gasteiger partial charge in [0.15, 0.2) is 16.9 Å². The molecule has 0 atom stereocenters. The van der Waals surface area contributed by atoms with Crippen LogP contribution in [0.25, 0.3) is 16.9 Å². The monoisotopic (exact) mass is 422 g/mol. The molecule has 0 saturated heterocycles. The fourth-order valence-electron chi connectivity index (χ4n) is 2.71. The molecule has 2 aromatic carbocycles. The number of amides is 1. The van der Waals surface area contributed by atoms with Gasteiger partial charge < -0.3 is 5.32 Å². The van der Waals surface area contributed by atoms with Gasteiger partial charge in [-0.2, -0.15) is 4.68 Å². The summed E-state index contributed by atoms with van der Waals surface area (Å²) in [6.45, 7) is 1.49. The summed E-state index contributed by atoms with van der Waals surface area (Å²) in [7, 11) is 0. The van der Waals surface area contributed by atoms with E-state index in [-0.39, 0.29) is 23.3 Å². The second kappa shape index (κ2) is 8.37. The normalized spacial score (nSPS) is 10.9. The van der Waals surface area contributed by atoms with Crippen molar-refractivity contribution in [1.82, 2.24) is 25.0 Å². The fraction of sp³-hybridized carbons (Fsp3) is 0.100. The van der Waals surface area contributed by atoms with E-state index in [9.17, 15) is 14.0 Å². The lowest BCUT2D eigenvalue weighted by Crippen LogP contribution is -2.14. The summed E-state index contributed by atoms with van der Waals surface area (Å²) in [5.41, 5.74) is 2.70. The van der Waals surface area contributed by atoms with Gasteiger partial charge in [0.1, 0.15) is 17.2 Å². The molecule has 10 heteroatoms. The molecule has 0 aliphatic heterocycles. The Morgan fingerprint density at radius 3 is 2.50 bits per heavy atom. The van der Waals surface area contributed by atoms with Crippen LogP contribution in [0.2, 0.25) is 0 Å². The number of hydrogen-bond acceptors (Lipinski definition) is 7. The molecule has 0 unspecified atom stereocenters. The third-order valence-electron chi connectivity index (χ3n) is 4.19. The van der Waals surface area contributed by atoms with Crippen molar-refractivity contribution in [2.24, 2.45) is 0 Å². The Bertz CT molecular complexity index is 1220. The van der Waals surface area contributed by atoms with E-state index in [0.717, 1.165) is 0 Å².